The van der Waals surface area contributed by atoms with Gasteiger partial charge in [-0.1, -0.05) is 25.1 Å². The second-order valence-electron chi connectivity index (χ2n) is 8.33. The van der Waals surface area contributed by atoms with Crippen LogP contribution in [0.1, 0.15) is 39.7 Å². The van der Waals surface area contributed by atoms with Crippen molar-refractivity contribution in [1.82, 2.24) is 5.32 Å². The van der Waals surface area contributed by atoms with Gasteiger partial charge in [-0.3, -0.25) is 19.3 Å². The predicted octanol–water partition coefficient (Wildman–Crippen LogP) is 3.78. The van der Waals surface area contributed by atoms with Crippen LogP contribution in [0.3, 0.4) is 0 Å². The van der Waals surface area contributed by atoms with Crippen molar-refractivity contribution in [2.75, 3.05) is 11.4 Å². The Kier molecular flexibility index (Phi) is 8.46. The van der Waals surface area contributed by atoms with Gasteiger partial charge in [0.05, 0.1) is 6.42 Å². The second-order valence-corrected chi connectivity index (χ2v) is 8.33. The minimum absolute atomic E-state index is 0.149. The molecule has 2 aromatic rings. The largest absolute Gasteiger partial charge is 0.459 e. The summed E-state index contributed by atoms with van der Waals surface area (Å²) in [5.74, 6) is -3.23. The van der Waals surface area contributed by atoms with Crippen LogP contribution in [0.15, 0.2) is 48.5 Å². The summed E-state index contributed by atoms with van der Waals surface area (Å²) in [7, 11) is 0. The summed E-state index contributed by atoms with van der Waals surface area (Å²) in [6, 6.07) is 10.5. The van der Waals surface area contributed by atoms with Crippen LogP contribution in [-0.4, -0.2) is 36.0 Å². The Labute approximate surface area is 186 Å². The van der Waals surface area contributed by atoms with Crippen LogP contribution in [0.25, 0.3) is 0 Å². The Bertz CT molecular complexity index is 938. The number of benzene rings is 2. The van der Waals surface area contributed by atoms with Crippen LogP contribution in [0.4, 0.5) is 14.5 Å². The van der Waals surface area contributed by atoms with Crippen molar-refractivity contribution in [2.24, 2.45) is 0 Å². The molecule has 0 fully saturated rings. The zero-order valence-corrected chi connectivity index (χ0v) is 18.7. The van der Waals surface area contributed by atoms with Crippen molar-refractivity contribution in [1.29, 1.82) is 0 Å². The lowest BCUT2D eigenvalue weighted by atomic mass is 10.1. The van der Waals surface area contributed by atoms with Crippen LogP contribution in [0.2, 0.25) is 0 Å². The van der Waals surface area contributed by atoms with Gasteiger partial charge in [-0.05, 0) is 57.0 Å². The van der Waals surface area contributed by atoms with E-state index in [1.54, 1.807) is 58.0 Å². The average molecular weight is 446 g/mol. The lowest BCUT2D eigenvalue weighted by Crippen LogP contribution is -2.50. The molecular weight excluding hydrogens is 418 g/mol. The van der Waals surface area contributed by atoms with Gasteiger partial charge in [0.2, 0.25) is 11.8 Å². The molecule has 6 nitrogen and oxygen atoms in total. The molecule has 0 unspecified atom stereocenters. The minimum atomic E-state index is -0.941. The number of halogens is 2. The highest BCUT2D eigenvalue weighted by Gasteiger charge is 2.29. The molecule has 1 N–H and O–H groups in total. The molecule has 0 aromatic heterocycles. The number of hydrogen-bond donors (Lipinski definition) is 1. The van der Waals surface area contributed by atoms with E-state index in [0.717, 1.165) is 12.1 Å². The number of ether oxygens (including phenoxy) is 1. The quantitative estimate of drug-likeness (QED) is 0.627. The molecule has 2 aromatic carbocycles. The topological polar surface area (TPSA) is 75.7 Å². The third-order valence-electron chi connectivity index (χ3n) is 4.37. The first kappa shape index (κ1) is 25.0. The molecule has 172 valence electrons. The summed E-state index contributed by atoms with van der Waals surface area (Å²) in [5, 5.41) is 2.60. The summed E-state index contributed by atoms with van der Waals surface area (Å²) in [4.78, 5) is 39.4. The maximum atomic E-state index is 13.4. The Morgan fingerprint density at radius 3 is 2.16 bits per heavy atom. The Morgan fingerprint density at radius 2 is 1.62 bits per heavy atom. The molecule has 1 atom stereocenters. The zero-order chi connectivity index (χ0) is 23.9. The van der Waals surface area contributed by atoms with Gasteiger partial charge in [-0.25, -0.2) is 8.78 Å². The van der Waals surface area contributed by atoms with Gasteiger partial charge in [0.1, 0.15) is 29.8 Å². The molecule has 2 amide bonds. The van der Waals surface area contributed by atoms with E-state index in [1.165, 1.54) is 4.90 Å². The van der Waals surface area contributed by atoms with Crippen molar-refractivity contribution in [2.45, 2.75) is 52.2 Å². The fraction of sp³-hybridized carbons (Fsp3) is 0.375. The molecule has 0 spiro atoms. The highest BCUT2D eigenvalue weighted by atomic mass is 19.1. The average Bonchev–Trinajstić information content (AvgIpc) is 2.68. The minimum Gasteiger partial charge on any atom is -0.459 e. The van der Waals surface area contributed by atoms with Crippen LogP contribution >= 0.6 is 0 Å². The molecule has 0 aliphatic carbocycles. The SMILES string of the molecule is CC[C@H](NC(=O)Cc1cc(F)cc(F)c1)C(=O)N(CC(=O)OC(C)(C)C)c1ccccc1. The van der Waals surface area contributed by atoms with Crippen LogP contribution in [0, 0.1) is 11.6 Å². The Morgan fingerprint density at radius 1 is 1.03 bits per heavy atom. The van der Waals surface area contributed by atoms with Crippen LogP contribution in [0.5, 0.6) is 0 Å². The van der Waals surface area contributed by atoms with Crippen molar-refractivity contribution in [3.05, 3.63) is 65.7 Å². The van der Waals surface area contributed by atoms with E-state index in [0.29, 0.717) is 11.8 Å². The van der Waals surface area contributed by atoms with Crippen LogP contribution in [-0.2, 0) is 25.5 Å². The molecule has 0 aliphatic rings. The fourth-order valence-corrected chi connectivity index (χ4v) is 3.08. The smallest absolute Gasteiger partial charge is 0.326 e. The molecule has 32 heavy (non-hydrogen) atoms. The van der Waals surface area contributed by atoms with Crippen molar-refractivity contribution < 1.29 is 27.9 Å². The van der Waals surface area contributed by atoms with E-state index in [1.807, 2.05) is 0 Å². The standard InChI is InChI=1S/C24H28F2N2O4/c1-5-20(27-21(29)13-16-11-17(25)14-18(26)12-16)23(31)28(19-9-7-6-8-10-19)15-22(30)32-24(2,3)4/h6-12,14,20H,5,13,15H2,1-4H3,(H,27,29)/t20-/m0/s1. The van der Waals surface area contributed by atoms with E-state index in [-0.39, 0.29) is 24.9 Å². The molecule has 0 saturated heterocycles. The maximum absolute atomic E-state index is 13.4. The first-order valence-electron chi connectivity index (χ1n) is 10.3. The number of anilines is 1. The third kappa shape index (κ3) is 7.76. The van der Waals surface area contributed by atoms with E-state index < -0.39 is 41.1 Å². The van der Waals surface area contributed by atoms with E-state index in [9.17, 15) is 23.2 Å². The van der Waals surface area contributed by atoms with Gasteiger partial charge >= 0.3 is 5.97 Å². The van der Waals surface area contributed by atoms with Crippen molar-refractivity contribution >= 4 is 23.5 Å². The number of nitrogens with one attached hydrogen (secondary N) is 1. The number of nitrogens with zero attached hydrogens (tertiary/aromatic N) is 1. The molecule has 0 aliphatic heterocycles. The second kappa shape index (κ2) is 10.8. The zero-order valence-electron chi connectivity index (χ0n) is 18.7. The molecule has 0 heterocycles. The summed E-state index contributed by atoms with van der Waals surface area (Å²) in [6.07, 6.45) is -0.0460. The van der Waals surface area contributed by atoms with E-state index in [2.05, 4.69) is 5.32 Å². The number of carbonyl (C=O) groups is 3. The fourth-order valence-electron chi connectivity index (χ4n) is 3.08. The number of esters is 1. The van der Waals surface area contributed by atoms with E-state index >= 15 is 0 Å². The van der Waals surface area contributed by atoms with Gasteiger partial charge in [-0.2, -0.15) is 0 Å². The summed E-state index contributed by atoms with van der Waals surface area (Å²) in [5.41, 5.74) is -0.0968. The first-order chi connectivity index (χ1) is 15.0. The molecular formula is C24H28F2N2O4. The molecule has 0 radical (unpaired) electrons. The Hall–Kier alpha value is -3.29. The van der Waals surface area contributed by atoms with Crippen molar-refractivity contribution in [3.63, 3.8) is 0 Å². The lowest BCUT2D eigenvalue weighted by molar-refractivity contribution is -0.153. The number of para-hydroxylation sites is 1. The normalized spacial score (nSPS) is 12.1. The van der Waals surface area contributed by atoms with Gasteiger partial charge in [-0.15, -0.1) is 0 Å². The number of carbonyl (C=O) groups excluding carboxylic acids is 3. The third-order valence-corrected chi connectivity index (χ3v) is 4.37. The summed E-state index contributed by atoms with van der Waals surface area (Å²) >= 11 is 0. The molecule has 0 saturated carbocycles. The van der Waals surface area contributed by atoms with Gasteiger partial charge in [0.15, 0.2) is 0 Å². The molecule has 0 bridgehead atoms. The number of amides is 2. The summed E-state index contributed by atoms with van der Waals surface area (Å²) < 4.78 is 32.1. The summed E-state index contributed by atoms with van der Waals surface area (Å²) in [6.45, 7) is 6.56. The highest BCUT2D eigenvalue weighted by Crippen LogP contribution is 2.17. The molecule has 8 heteroatoms. The lowest BCUT2D eigenvalue weighted by Gasteiger charge is -2.28. The monoisotopic (exact) mass is 446 g/mol. The number of rotatable bonds is 8. The van der Waals surface area contributed by atoms with Crippen molar-refractivity contribution in [3.8, 4) is 0 Å². The van der Waals surface area contributed by atoms with E-state index in [4.69, 9.17) is 4.74 Å². The predicted molar refractivity (Wildman–Crippen MR) is 117 cm³/mol. The number of hydrogen-bond acceptors (Lipinski definition) is 4. The maximum Gasteiger partial charge on any atom is 0.326 e. The van der Waals surface area contributed by atoms with Gasteiger partial charge in [0.25, 0.3) is 0 Å². The van der Waals surface area contributed by atoms with Gasteiger partial charge in [0, 0.05) is 11.8 Å². The Balaban J connectivity index is 2.17. The van der Waals surface area contributed by atoms with Gasteiger partial charge < -0.3 is 10.1 Å². The van der Waals surface area contributed by atoms with Crippen LogP contribution < -0.4 is 10.2 Å². The highest BCUT2D eigenvalue weighted by molar-refractivity contribution is 6.02. The molecule has 2 rings (SSSR count). The first-order valence-corrected chi connectivity index (χ1v) is 10.3.